The van der Waals surface area contributed by atoms with E-state index in [9.17, 15) is 13.2 Å². The Kier molecular flexibility index (Phi) is 4.91. The number of carbonyl (C=O) groups excluding carboxylic acids is 1. The summed E-state index contributed by atoms with van der Waals surface area (Å²) in [5, 5.41) is 4.86. The quantitative estimate of drug-likeness (QED) is 0.905. The number of aryl methyl sites for hydroxylation is 1. The summed E-state index contributed by atoms with van der Waals surface area (Å²) in [6.45, 7) is 2.44. The predicted octanol–water partition coefficient (Wildman–Crippen LogP) is 3.28. The largest absolute Gasteiger partial charge is 0.322 e. The van der Waals surface area contributed by atoms with E-state index in [4.69, 9.17) is 0 Å². The zero-order valence-corrected chi connectivity index (χ0v) is 15.1. The van der Waals surface area contributed by atoms with Crippen LogP contribution in [-0.2, 0) is 16.4 Å². The number of nitrogens with zero attached hydrogens (tertiary/aromatic N) is 1. The average molecular weight is 364 g/mol. The molecule has 1 aromatic carbocycles. The number of hydrogen-bond donors (Lipinski definition) is 1. The third-order valence-corrected chi connectivity index (χ3v) is 6.98. The highest BCUT2D eigenvalue weighted by Crippen LogP contribution is 2.24. The predicted molar refractivity (Wildman–Crippen MR) is 97.1 cm³/mol. The fourth-order valence-electron chi connectivity index (χ4n) is 2.83. The van der Waals surface area contributed by atoms with Gasteiger partial charge in [0.25, 0.3) is 0 Å². The number of benzene rings is 1. The van der Waals surface area contributed by atoms with E-state index in [1.54, 1.807) is 16.2 Å². The number of para-hydroxylation sites is 1. The average Bonchev–Trinajstić information content (AvgIpc) is 3.11. The molecule has 1 atom stereocenters. The van der Waals surface area contributed by atoms with Crippen LogP contribution in [0.15, 0.2) is 41.8 Å². The molecule has 0 bridgehead atoms. The maximum Gasteiger partial charge on any atom is 0.322 e. The molecule has 1 aromatic heterocycles. The van der Waals surface area contributed by atoms with E-state index in [1.807, 2.05) is 48.7 Å². The Morgan fingerprint density at radius 3 is 2.62 bits per heavy atom. The summed E-state index contributed by atoms with van der Waals surface area (Å²) in [6, 6.07) is 10.7. The van der Waals surface area contributed by atoms with Gasteiger partial charge in [-0.05, 0) is 42.5 Å². The first-order valence-electron chi connectivity index (χ1n) is 7.81. The lowest BCUT2D eigenvalue weighted by Gasteiger charge is -2.28. The zero-order valence-electron chi connectivity index (χ0n) is 13.4. The fourth-order valence-corrected chi connectivity index (χ4v) is 5.46. The van der Waals surface area contributed by atoms with Crippen molar-refractivity contribution in [2.75, 3.05) is 16.8 Å². The number of thiophene rings is 1. The zero-order chi connectivity index (χ0) is 17.2. The third kappa shape index (κ3) is 3.96. The van der Waals surface area contributed by atoms with E-state index in [1.165, 1.54) is 0 Å². The molecule has 1 N–H and O–H groups in total. The van der Waals surface area contributed by atoms with Crippen LogP contribution in [0.4, 0.5) is 10.5 Å². The number of carbonyl (C=O) groups is 1. The van der Waals surface area contributed by atoms with Crippen molar-refractivity contribution < 1.29 is 13.2 Å². The molecule has 1 aliphatic rings. The molecule has 2 amide bonds. The second-order valence-electron chi connectivity index (χ2n) is 6.01. The molecule has 0 radical (unpaired) electrons. The molecule has 0 unspecified atom stereocenters. The molecule has 7 heteroatoms. The Bertz CT molecular complexity index is 815. The van der Waals surface area contributed by atoms with Crippen molar-refractivity contribution in [3.8, 4) is 0 Å². The van der Waals surface area contributed by atoms with Crippen molar-refractivity contribution in [3.63, 3.8) is 0 Å². The van der Waals surface area contributed by atoms with Crippen LogP contribution in [0.3, 0.4) is 0 Å². The van der Waals surface area contributed by atoms with Crippen molar-refractivity contribution in [1.82, 2.24) is 4.90 Å². The number of amides is 2. The molecule has 128 valence electrons. The summed E-state index contributed by atoms with van der Waals surface area (Å²) < 4.78 is 23.7. The van der Waals surface area contributed by atoms with Gasteiger partial charge in [0.05, 0.1) is 18.1 Å². The molecule has 1 aliphatic heterocycles. The molecular weight excluding hydrogens is 344 g/mol. The molecular formula is C17H20N2O3S2. The lowest BCUT2D eigenvalue weighted by atomic mass is 10.2. The van der Waals surface area contributed by atoms with E-state index >= 15 is 0 Å². The van der Waals surface area contributed by atoms with E-state index < -0.39 is 9.84 Å². The second kappa shape index (κ2) is 6.94. The molecule has 5 nitrogen and oxygen atoms in total. The summed E-state index contributed by atoms with van der Waals surface area (Å²) in [6.07, 6.45) is 0.495. The van der Waals surface area contributed by atoms with Crippen LogP contribution in [0.2, 0.25) is 0 Å². The van der Waals surface area contributed by atoms with Gasteiger partial charge in [0.1, 0.15) is 0 Å². The summed E-state index contributed by atoms with van der Waals surface area (Å²) in [4.78, 5) is 15.5. The summed E-state index contributed by atoms with van der Waals surface area (Å²) in [5.74, 6) is 0.190. The van der Waals surface area contributed by atoms with Gasteiger partial charge >= 0.3 is 6.03 Å². The van der Waals surface area contributed by atoms with Gasteiger partial charge in [-0.25, -0.2) is 13.2 Å². The van der Waals surface area contributed by atoms with Crippen LogP contribution < -0.4 is 5.32 Å². The van der Waals surface area contributed by atoms with Gasteiger partial charge in [0, 0.05) is 16.6 Å². The molecule has 1 saturated heterocycles. The topological polar surface area (TPSA) is 66.5 Å². The van der Waals surface area contributed by atoms with Crippen molar-refractivity contribution in [3.05, 3.63) is 52.2 Å². The third-order valence-electron chi connectivity index (χ3n) is 4.22. The number of sulfone groups is 1. The Labute approximate surface area is 146 Å². The lowest BCUT2D eigenvalue weighted by molar-refractivity contribution is 0.191. The molecule has 2 heterocycles. The number of nitrogens with one attached hydrogen (secondary N) is 1. The Morgan fingerprint density at radius 1 is 1.29 bits per heavy atom. The molecule has 1 fully saturated rings. The standard InChI is InChI=1S/C17H20N2O3S2/c1-13-7-9-23-16(13)11-19(15-8-10-24(21,22)12-15)17(20)18-14-5-3-2-4-6-14/h2-7,9,15H,8,10-12H2,1H3,(H,18,20)/t15-/m0/s1. The van der Waals surface area contributed by atoms with E-state index in [-0.39, 0.29) is 23.6 Å². The molecule has 24 heavy (non-hydrogen) atoms. The monoisotopic (exact) mass is 364 g/mol. The van der Waals surface area contributed by atoms with Gasteiger partial charge in [0.15, 0.2) is 9.84 Å². The molecule has 0 aliphatic carbocycles. The molecule has 0 spiro atoms. The number of hydrogen-bond acceptors (Lipinski definition) is 4. The maximum absolute atomic E-state index is 12.8. The highest BCUT2D eigenvalue weighted by atomic mass is 32.2. The van der Waals surface area contributed by atoms with Crippen LogP contribution in [0.25, 0.3) is 0 Å². The van der Waals surface area contributed by atoms with Crippen LogP contribution in [-0.4, -0.2) is 36.9 Å². The van der Waals surface area contributed by atoms with Crippen LogP contribution in [0, 0.1) is 6.92 Å². The van der Waals surface area contributed by atoms with E-state index in [0.717, 1.165) is 10.4 Å². The van der Waals surface area contributed by atoms with Crippen LogP contribution in [0.5, 0.6) is 0 Å². The van der Waals surface area contributed by atoms with Gasteiger partial charge < -0.3 is 10.2 Å². The number of urea groups is 1. The maximum atomic E-state index is 12.8. The Morgan fingerprint density at radius 2 is 2.04 bits per heavy atom. The minimum Gasteiger partial charge on any atom is -0.315 e. The smallest absolute Gasteiger partial charge is 0.315 e. The van der Waals surface area contributed by atoms with Gasteiger partial charge in [-0.2, -0.15) is 0 Å². The fraction of sp³-hybridized carbons (Fsp3) is 0.353. The van der Waals surface area contributed by atoms with Gasteiger partial charge in [0.2, 0.25) is 0 Å². The number of anilines is 1. The molecule has 3 rings (SSSR count). The highest BCUT2D eigenvalue weighted by molar-refractivity contribution is 7.91. The first kappa shape index (κ1) is 17.0. The van der Waals surface area contributed by atoms with Gasteiger partial charge in [-0.15, -0.1) is 11.3 Å². The highest BCUT2D eigenvalue weighted by Gasteiger charge is 2.35. The Balaban J connectivity index is 1.81. The van der Waals surface area contributed by atoms with Crippen LogP contribution >= 0.6 is 11.3 Å². The first-order valence-corrected chi connectivity index (χ1v) is 10.5. The first-order chi connectivity index (χ1) is 11.4. The van der Waals surface area contributed by atoms with E-state index in [0.29, 0.717) is 18.7 Å². The second-order valence-corrected chi connectivity index (χ2v) is 9.24. The number of rotatable bonds is 4. The van der Waals surface area contributed by atoms with Crippen molar-refractivity contribution in [2.24, 2.45) is 0 Å². The minimum absolute atomic E-state index is 0.0413. The molecule has 0 saturated carbocycles. The summed E-state index contributed by atoms with van der Waals surface area (Å²) in [7, 11) is -3.05. The summed E-state index contributed by atoms with van der Waals surface area (Å²) in [5.41, 5.74) is 1.83. The van der Waals surface area contributed by atoms with E-state index in [2.05, 4.69) is 5.32 Å². The normalized spacial score (nSPS) is 19.1. The van der Waals surface area contributed by atoms with Crippen molar-refractivity contribution >= 4 is 32.9 Å². The molecule has 2 aromatic rings. The lowest BCUT2D eigenvalue weighted by Crippen LogP contribution is -2.43. The van der Waals surface area contributed by atoms with Gasteiger partial charge in [-0.3, -0.25) is 0 Å². The van der Waals surface area contributed by atoms with Crippen LogP contribution in [0.1, 0.15) is 16.9 Å². The Hall–Kier alpha value is -1.86. The van der Waals surface area contributed by atoms with Gasteiger partial charge in [-0.1, -0.05) is 18.2 Å². The SMILES string of the molecule is Cc1ccsc1CN(C(=O)Nc1ccccc1)[C@H]1CCS(=O)(=O)C1. The van der Waals surface area contributed by atoms with Crippen molar-refractivity contribution in [1.29, 1.82) is 0 Å². The minimum atomic E-state index is -3.05. The summed E-state index contributed by atoms with van der Waals surface area (Å²) >= 11 is 1.59. The van der Waals surface area contributed by atoms with Crippen molar-refractivity contribution in [2.45, 2.75) is 25.9 Å².